The van der Waals surface area contributed by atoms with E-state index >= 15 is 0 Å². The zero-order chi connectivity index (χ0) is 19.4. The van der Waals surface area contributed by atoms with Crippen LogP contribution in [-0.2, 0) is 14.8 Å². The molecule has 6 nitrogen and oxygen atoms in total. The highest BCUT2D eigenvalue weighted by Gasteiger charge is 2.34. The highest BCUT2D eigenvalue weighted by molar-refractivity contribution is 7.89. The number of aromatic nitrogens is 1. The summed E-state index contributed by atoms with van der Waals surface area (Å²) in [6.07, 6.45) is 4.54. The number of nitrogens with one attached hydrogen (secondary N) is 1. The minimum absolute atomic E-state index is 0.148. The summed E-state index contributed by atoms with van der Waals surface area (Å²) in [5.41, 5.74) is 0.813. The van der Waals surface area contributed by atoms with Gasteiger partial charge < -0.3 is 5.32 Å². The molecule has 0 atom stereocenters. The number of benzene rings is 1. The minimum Gasteiger partial charge on any atom is -0.301 e. The molecule has 1 aliphatic carbocycles. The number of hydrogen-bond donors (Lipinski definition) is 1. The lowest BCUT2D eigenvalue weighted by Crippen LogP contribution is -2.45. The van der Waals surface area contributed by atoms with E-state index in [0.717, 1.165) is 37.8 Å². The van der Waals surface area contributed by atoms with Crippen LogP contribution in [-0.4, -0.2) is 36.2 Å². The van der Waals surface area contributed by atoms with Crippen LogP contribution in [0.4, 0.5) is 5.13 Å². The Morgan fingerprint density at radius 1 is 1.26 bits per heavy atom. The Morgan fingerprint density at radius 3 is 2.52 bits per heavy atom. The van der Waals surface area contributed by atoms with Crippen molar-refractivity contribution in [3.05, 3.63) is 40.4 Å². The zero-order valence-corrected chi connectivity index (χ0v) is 17.4. The van der Waals surface area contributed by atoms with Crippen molar-refractivity contribution in [3.63, 3.8) is 0 Å². The lowest BCUT2D eigenvalue weighted by Gasteiger charge is -2.32. The molecular formula is C18H22ClN3O3S2. The van der Waals surface area contributed by atoms with Crippen LogP contribution < -0.4 is 5.32 Å². The molecule has 1 fully saturated rings. The molecule has 0 aliphatic heterocycles. The Bertz CT molecular complexity index is 891. The second-order valence-electron chi connectivity index (χ2n) is 6.64. The number of amides is 1. The van der Waals surface area contributed by atoms with Gasteiger partial charge in [0.2, 0.25) is 15.9 Å². The summed E-state index contributed by atoms with van der Waals surface area (Å²) in [7, 11) is -3.80. The molecule has 0 radical (unpaired) electrons. The molecule has 1 N–H and O–H groups in total. The van der Waals surface area contributed by atoms with E-state index in [1.165, 1.54) is 27.8 Å². The maximum atomic E-state index is 13.2. The first-order valence-corrected chi connectivity index (χ1v) is 11.6. The van der Waals surface area contributed by atoms with Crippen molar-refractivity contribution >= 4 is 44.0 Å². The third-order valence-corrected chi connectivity index (χ3v) is 7.61. The molecule has 146 valence electrons. The first-order chi connectivity index (χ1) is 12.9. The SMILES string of the molecule is Cc1csc(NC(=O)CN(C2CCCCC2)S(=O)(=O)c2ccc(Cl)cc2)n1. The number of halogens is 1. The number of thiazole rings is 1. The maximum absolute atomic E-state index is 13.2. The average Bonchev–Trinajstić information content (AvgIpc) is 3.05. The molecule has 0 bridgehead atoms. The standard InChI is InChI=1S/C18H22ClN3O3S2/c1-13-12-26-18(20-13)21-17(23)11-22(15-5-3-2-4-6-15)27(24,25)16-9-7-14(19)8-10-16/h7-10,12,15H,2-6,11H2,1H3,(H,20,21,23). The third kappa shape index (κ3) is 5.07. The second kappa shape index (κ2) is 8.68. The van der Waals surface area contributed by atoms with Crippen LogP contribution >= 0.6 is 22.9 Å². The molecule has 1 aromatic heterocycles. The van der Waals surface area contributed by atoms with Gasteiger partial charge in [-0.1, -0.05) is 30.9 Å². The average molecular weight is 428 g/mol. The lowest BCUT2D eigenvalue weighted by atomic mass is 9.95. The maximum Gasteiger partial charge on any atom is 0.243 e. The van der Waals surface area contributed by atoms with E-state index in [9.17, 15) is 13.2 Å². The Morgan fingerprint density at radius 2 is 1.93 bits per heavy atom. The van der Waals surface area contributed by atoms with Crippen molar-refractivity contribution < 1.29 is 13.2 Å². The normalized spacial score (nSPS) is 15.8. The largest absolute Gasteiger partial charge is 0.301 e. The summed E-state index contributed by atoms with van der Waals surface area (Å²) in [5, 5.41) is 5.48. The van der Waals surface area contributed by atoms with E-state index in [2.05, 4.69) is 10.3 Å². The number of nitrogens with zero attached hydrogens (tertiary/aromatic N) is 2. The van der Waals surface area contributed by atoms with Gasteiger partial charge in [0.05, 0.1) is 17.1 Å². The van der Waals surface area contributed by atoms with Gasteiger partial charge in [0.1, 0.15) is 0 Å². The molecular weight excluding hydrogens is 406 g/mol. The first-order valence-electron chi connectivity index (χ1n) is 8.85. The lowest BCUT2D eigenvalue weighted by molar-refractivity contribution is -0.116. The van der Waals surface area contributed by atoms with Gasteiger partial charge in [0.15, 0.2) is 5.13 Å². The number of aryl methyl sites for hydroxylation is 1. The molecule has 3 rings (SSSR count). The van der Waals surface area contributed by atoms with Gasteiger partial charge in [-0.25, -0.2) is 13.4 Å². The number of sulfonamides is 1. The smallest absolute Gasteiger partial charge is 0.243 e. The molecule has 2 aromatic rings. The zero-order valence-electron chi connectivity index (χ0n) is 15.0. The van der Waals surface area contributed by atoms with Crippen LogP contribution in [0.1, 0.15) is 37.8 Å². The van der Waals surface area contributed by atoms with Crippen molar-refractivity contribution in [3.8, 4) is 0 Å². The Hall–Kier alpha value is -1.48. The fourth-order valence-corrected chi connectivity index (χ4v) is 5.70. The van der Waals surface area contributed by atoms with Crippen LogP contribution in [0.2, 0.25) is 5.02 Å². The van der Waals surface area contributed by atoms with E-state index in [4.69, 9.17) is 11.6 Å². The van der Waals surface area contributed by atoms with E-state index in [1.807, 2.05) is 12.3 Å². The van der Waals surface area contributed by atoms with E-state index in [1.54, 1.807) is 12.1 Å². The van der Waals surface area contributed by atoms with E-state index in [0.29, 0.717) is 10.2 Å². The van der Waals surface area contributed by atoms with Gasteiger partial charge in [-0.2, -0.15) is 4.31 Å². The second-order valence-corrected chi connectivity index (χ2v) is 9.82. The van der Waals surface area contributed by atoms with Gasteiger partial charge in [0, 0.05) is 16.4 Å². The van der Waals surface area contributed by atoms with Gasteiger partial charge in [-0.05, 0) is 44.0 Å². The summed E-state index contributed by atoms with van der Waals surface area (Å²) in [4.78, 5) is 16.9. The van der Waals surface area contributed by atoms with E-state index in [-0.39, 0.29) is 23.4 Å². The van der Waals surface area contributed by atoms with Crippen molar-refractivity contribution in [2.45, 2.75) is 50.0 Å². The molecule has 9 heteroatoms. The molecule has 1 heterocycles. The van der Waals surface area contributed by atoms with Gasteiger partial charge >= 0.3 is 0 Å². The van der Waals surface area contributed by atoms with E-state index < -0.39 is 10.0 Å². The predicted octanol–water partition coefficient (Wildman–Crippen LogP) is 4.07. The Balaban J connectivity index is 1.83. The van der Waals surface area contributed by atoms with Crippen molar-refractivity contribution in [2.24, 2.45) is 0 Å². The number of carbonyl (C=O) groups excluding carboxylic acids is 1. The molecule has 1 aromatic carbocycles. The number of rotatable bonds is 6. The van der Waals surface area contributed by atoms with Crippen molar-refractivity contribution in [1.82, 2.24) is 9.29 Å². The van der Waals surface area contributed by atoms with Crippen LogP contribution in [0.3, 0.4) is 0 Å². The van der Waals surface area contributed by atoms with Crippen molar-refractivity contribution in [1.29, 1.82) is 0 Å². The predicted molar refractivity (Wildman–Crippen MR) is 108 cm³/mol. The first kappa shape index (κ1) is 20.3. The van der Waals surface area contributed by atoms with Crippen LogP contribution in [0.5, 0.6) is 0 Å². The summed E-state index contributed by atoms with van der Waals surface area (Å²) in [6.45, 7) is 1.61. The summed E-state index contributed by atoms with van der Waals surface area (Å²) in [5.74, 6) is -0.382. The highest BCUT2D eigenvalue weighted by Crippen LogP contribution is 2.28. The molecule has 1 aliphatic rings. The molecule has 0 spiro atoms. The number of anilines is 1. The van der Waals surface area contributed by atoms with Gasteiger partial charge in [-0.15, -0.1) is 11.3 Å². The Labute approximate surface area is 168 Å². The highest BCUT2D eigenvalue weighted by atomic mass is 35.5. The van der Waals surface area contributed by atoms with Gasteiger partial charge in [0.25, 0.3) is 0 Å². The molecule has 27 heavy (non-hydrogen) atoms. The molecule has 0 unspecified atom stereocenters. The number of carbonyl (C=O) groups is 1. The fraction of sp³-hybridized carbons (Fsp3) is 0.444. The molecule has 1 saturated carbocycles. The third-order valence-electron chi connectivity index (χ3n) is 4.57. The van der Waals surface area contributed by atoms with Crippen LogP contribution in [0.25, 0.3) is 0 Å². The van der Waals surface area contributed by atoms with Gasteiger partial charge in [-0.3, -0.25) is 4.79 Å². The summed E-state index contributed by atoms with van der Waals surface area (Å²) < 4.78 is 27.8. The molecule has 0 saturated heterocycles. The summed E-state index contributed by atoms with van der Waals surface area (Å²) >= 11 is 7.21. The minimum atomic E-state index is -3.80. The summed E-state index contributed by atoms with van der Waals surface area (Å²) in [6, 6.07) is 5.88. The number of hydrogen-bond acceptors (Lipinski definition) is 5. The fourth-order valence-electron chi connectivity index (χ4n) is 3.23. The topological polar surface area (TPSA) is 79.4 Å². The van der Waals surface area contributed by atoms with Crippen molar-refractivity contribution in [2.75, 3.05) is 11.9 Å². The molecule has 1 amide bonds. The van der Waals surface area contributed by atoms with Crippen LogP contribution in [0.15, 0.2) is 34.5 Å². The van der Waals surface area contributed by atoms with Crippen LogP contribution in [0, 0.1) is 6.92 Å². The Kier molecular flexibility index (Phi) is 6.52. The monoisotopic (exact) mass is 427 g/mol. The quantitative estimate of drug-likeness (QED) is 0.753.